The molecule has 0 bridgehead atoms. The molecule has 2 aromatic carbocycles. The van der Waals surface area contributed by atoms with Crippen LogP contribution in [0.2, 0.25) is 0 Å². The molecular formula is C18H22O4. The van der Waals surface area contributed by atoms with Gasteiger partial charge in [-0.15, -0.1) is 0 Å². The van der Waals surface area contributed by atoms with E-state index in [1.54, 1.807) is 36.4 Å². The van der Waals surface area contributed by atoms with Crippen molar-refractivity contribution in [3.8, 4) is 11.5 Å². The van der Waals surface area contributed by atoms with E-state index >= 15 is 0 Å². The number of benzene rings is 2. The van der Waals surface area contributed by atoms with E-state index in [0.717, 1.165) is 5.56 Å². The Morgan fingerprint density at radius 1 is 0.955 bits per heavy atom. The number of hydrogen-bond acceptors (Lipinski definition) is 4. The van der Waals surface area contributed by atoms with Crippen molar-refractivity contribution in [2.75, 3.05) is 0 Å². The summed E-state index contributed by atoms with van der Waals surface area (Å²) in [4.78, 5) is 0. The van der Waals surface area contributed by atoms with Crippen LogP contribution in [0.1, 0.15) is 25.8 Å². The molecule has 2 atom stereocenters. The van der Waals surface area contributed by atoms with E-state index in [2.05, 4.69) is 0 Å². The predicted octanol–water partition coefficient (Wildman–Crippen LogP) is 2.82. The standard InChI is InChI=1S/C18H22O4/c1-18(2,13-8-10-14(19)11-9-13)12-16(20)17(21)22-15-6-4-3-5-7-15/h3-11,16-17,19-21H,12H2,1-2H3. The number of para-hydroxylation sites is 1. The molecule has 0 saturated heterocycles. The van der Waals surface area contributed by atoms with Crippen LogP contribution in [0.5, 0.6) is 11.5 Å². The summed E-state index contributed by atoms with van der Waals surface area (Å²) < 4.78 is 5.34. The number of aromatic hydroxyl groups is 1. The number of aliphatic hydroxyl groups excluding tert-OH is 2. The topological polar surface area (TPSA) is 69.9 Å². The van der Waals surface area contributed by atoms with Gasteiger partial charge in [0.1, 0.15) is 17.6 Å². The van der Waals surface area contributed by atoms with Gasteiger partial charge in [0.15, 0.2) is 0 Å². The van der Waals surface area contributed by atoms with Crippen LogP contribution in [0.3, 0.4) is 0 Å². The lowest BCUT2D eigenvalue weighted by Crippen LogP contribution is -2.36. The molecule has 3 N–H and O–H groups in total. The van der Waals surface area contributed by atoms with E-state index in [9.17, 15) is 15.3 Å². The van der Waals surface area contributed by atoms with Crippen molar-refractivity contribution in [3.63, 3.8) is 0 Å². The zero-order valence-corrected chi connectivity index (χ0v) is 12.8. The second-order valence-electron chi connectivity index (χ2n) is 6.02. The lowest BCUT2D eigenvalue weighted by molar-refractivity contribution is -0.111. The predicted molar refractivity (Wildman–Crippen MR) is 84.8 cm³/mol. The quantitative estimate of drug-likeness (QED) is 0.718. The molecule has 4 heteroatoms. The van der Waals surface area contributed by atoms with Crippen molar-refractivity contribution in [2.45, 2.75) is 38.1 Å². The first kappa shape index (κ1) is 16.3. The SMILES string of the molecule is CC(C)(CC(O)C(O)Oc1ccccc1)c1ccc(O)cc1. The van der Waals surface area contributed by atoms with E-state index in [4.69, 9.17) is 4.74 Å². The number of ether oxygens (including phenoxy) is 1. The minimum Gasteiger partial charge on any atom is -0.508 e. The van der Waals surface area contributed by atoms with Gasteiger partial charge in [-0.3, -0.25) is 0 Å². The maximum atomic E-state index is 10.2. The molecule has 0 fully saturated rings. The van der Waals surface area contributed by atoms with E-state index < -0.39 is 12.4 Å². The first-order chi connectivity index (χ1) is 10.4. The summed E-state index contributed by atoms with van der Waals surface area (Å²) in [5.74, 6) is 0.712. The van der Waals surface area contributed by atoms with Gasteiger partial charge in [-0.05, 0) is 41.7 Å². The van der Waals surface area contributed by atoms with Crippen LogP contribution in [-0.4, -0.2) is 27.7 Å². The third-order valence-electron chi connectivity index (χ3n) is 3.70. The Hall–Kier alpha value is -2.04. The highest BCUT2D eigenvalue weighted by Crippen LogP contribution is 2.30. The number of phenolic OH excluding ortho intramolecular Hbond substituents is 1. The van der Waals surface area contributed by atoms with Crippen molar-refractivity contribution in [3.05, 3.63) is 60.2 Å². The molecule has 0 aliphatic carbocycles. The Labute approximate surface area is 130 Å². The maximum Gasteiger partial charge on any atom is 0.223 e. The maximum absolute atomic E-state index is 10.2. The van der Waals surface area contributed by atoms with E-state index in [0.29, 0.717) is 12.2 Å². The fourth-order valence-electron chi connectivity index (χ4n) is 2.37. The Bertz CT molecular complexity index is 578. The summed E-state index contributed by atoms with van der Waals surface area (Å²) in [6.07, 6.45) is -1.99. The Morgan fingerprint density at radius 2 is 1.55 bits per heavy atom. The summed E-state index contributed by atoms with van der Waals surface area (Å²) in [5, 5.41) is 29.6. The minimum absolute atomic E-state index is 0.201. The van der Waals surface area contributed by atoms with Crippen molar-refractivity contribution < 1.29 is 20.1 Å². The number of aliphatic hydroxyl groups is 2. The van der Waals surface area contributed by atoms with Gasteiger partial charge in [0.2, 0.25) is 6.29 Å². The van der Waals surface area contributed by atoms with E-state index in [-0.39, 0.29) is 11.2 Å². The van der Waals surface area contributed by atoms with Gasteiger partial charge in [-0.25, -0.2) is 0 Å². The van der Waals surface area contributed by atoms with Crippen molar-refractivity contribution >= 4 is 0 Å². The number of phenols is 1. The molecule has 0 radical (unpaired) electrons. The second-order valence-corrected chi connectivity index (χ2v) is 6.02. The molecule has 22 heavy (non-hydrogen) atoms. The molecule has 0 spiro atoms. The monoisotopic (exact) mass is 302 g/mol. The summed E-state index contributed by atoms with van der Waals surface area (Å²) in [7, 11) is 0. The van der Waals surface area contributed by atoms with Gasteiger partial charge in [-0.1, -0.05) is 44.2 Å². The summed E-state index contributed by atoms with van der Waals surface area (Å²) >= 11 is 0. The summed E-state index contributed by atoms with van der Waals surface area (Å²) in [5.41, 5.74) is 0.602. The fraction of sp³-hybridized carbons (Fsp3) is 0.333. The van der Waals surface area contributed by atoms with Crippen molar-refractivity contribution in [1.29, 1.82) is 0 Å². The van der Waals surface area contributed by atoms with Crippen LogP contribution < -0.4 is 4.74 Å². The van der Waals surface area contributed by atoms with Gasteiger partial charge in [0.25, 0.3) is 0 Å². The summed E-state index contributed by atoms with van der Waals surface area (Å²) in [6.45, 7) is 3.94. The third-order valence-corrected chi connectivity index (χ3v) is 3.70. The highest BCUT2D eigenvalue weighted by atomic mass is 16.6. The van der Waals surface area contributed by atoms with Crippen molar-refractivity contribution in [1.82, 2.24) is 0 Å². The van der Waals surface area contributed by atoms with Gasteiger partial charge in [0, 0.05) is 0 Å². The molecule has 4 nitrogen and oxygen atoms in total. The molecule has 0 amide bonds. The third kappa shape index (κ3) is 4.23. The van der Waals surface area contributed by atoms with Gasteiger partial charge in [0.05, 0.1) is 0 Å². The Morgan fingerprint density at radius 3 is 2.14 bits per heavy atom. The van der Waals surface area contributed by atoms with Gasteiger partial charge < -0.3 is 20.1 Å². The van der Waals surface area contributed by atoms with Crippen LogP contribution >= 0.6 is 0 Å². The van der Waals surface area contributed by atoms with Gasteiger partial charge in [-0.2, -0.15) is 0 Å². The summed E-state index contributed by atoms with van der Waals surface area (Å²) in [6, 6.07) is 15.7. The first-order valence-corrected chi connectivity index (χ1v) is 7.26. The molecule has 0 heterocycles. The van der Waals surface area contributed by atoms with E-state index in [1.807, 2.05) is 32.0 Å². The van der Waals surface area contributed by atoms with Crippen LogP contribution in [-0.2, 0) is 5.41 Å². The van der Waals surface area contributed by atoms with Gasteiger partial charge >= 0.3 is 0 Å². The van der Waals surface area contributed by atoms with Crippen molar-refractivity contribution in [2.24, 2.45) is 0 Å². The van der Waals surface area contributed by atoms with Crippen LogP contribution in [0.15, 0.2) is 54.6 Å². The Balaban J connectivity index is 2.00. The molecule has 118 valence electrons. The molecule has 0 aliphatic heterocycles. The first-order valence-electron chi connectivity index (χ1n) is 7.26. The number of rotatable bonds is 6. The second kappa shape index (κ2) is 6.81. The average Bonchev–Trinajstić information content (AvgIpc) is 2.48. The normalized spacial score (nSPS) is 14.4. The number of hydrogen-bond donors (Lipinski definition) is 3. The minimum atomic E-state index is -1.29. The zero-order valence-electron chi connectivity index (χ0n) is 12.8. The van der Waals surface area contributed by atoms with Crippen LogP contribution in [0, 0.1) is 0 Å². The molecule has 2 aromatic rings. The zero-order chi connectivity index (χ0) is 16.2. The molecule has 0 saturated carbocycles. The average molecular weight is 302 g/mol. The fourth-order valence-corrected chi connectivity index (χ4v) is 2.37. The van der Waals surface area contributed by atoms with Crippen LogP contribution in [0.25, 0.3) is 0 Å². The molecule has 0 aliphatic rings. The van der Waals surface area contributed by atoms with Crippen LogP contribution in [0.4, 0.5) is 0 Å². The molecular weight excluding hydrogens is 280 g/mol. The highest BCUT2D eigenvalue weighted by Gasteiger charge is 2.29. The molecule has 2 unspecified atom stereocenters. The molecule has 2 rings (SSSR count). The lowest BCUT2D eigenvalue weighted by atomic mass is 9.79. The van der Waals surface area contributed by atoms with E-state index in [1.165, 1.54) is 0 Å². The lowest BCUT2D eigenvalue weighted by Gasteiger charge is -2.30. The Kier molecular flexibility index (Phi) is 5.06. The largest absolute Gasteiger partial charge is 0.508 e. The smallest absolute Gasteiger partial charge is 0.223 e. The highest BCUT2D eigenvalue weighted by molar-refractivity contribution is 5.30. The molecule has 0 aromatic heterocycles.